The molecule has 3 rings (SSSR count). The van der Waals surface area contributed by atoms with Gasteiger partial charge in [-0.2, -0.15) is 0 Å². The molecule has 0 aliphatic heterocycles. The maximum absolute atomic E-state index is 14.5. The third-order valence-electron chi connectivity index (χ3n) is 3.86. The van der Waals surface area contributed by atoms with Crippen molar-refractivity contribution in [3.8, 4) is 33.8 Å². The van der Waals surface area contributed by atoms with Gasteiger partial charge in [-0.25, -0.2) is 8.78 Å². The lowest BCUT2D eigenvalue weighted by atomic mass is 9.99. The van der Waals surface area contributed by atoms with Crippen molar-refractivity contribution in [2.24, 2.45) is 0 Å². The summed E-state index contributed by atoms with van der Waals surface area (Å²) in [6.45, 7) is 0. The number of ether oxygens (including phenoxy) is 2. The van der Waals surface area contributed by atoms with Crippen molar-refractivity contribution in [3.05, 3.63) is 72.3 Å². The minimum atomic E-state index is -5.07. The molecular formula is C20H10F8O2. The van der Waals surface area contributed by atoms with Crippen LogP contribution in [0.4, 0.5) is 35.1 Å². The molecule has 0 bridgehead atoms. The zero-order chi connectivity index (χ0) is 22.1. The van der Waals surface area contributed by atoms with Gasteiger partial charge in [-0.1, -0.05) is 30.3 Å². The highest BCUT2D eigenvalue weighted by Gasteiger charge is 2.32. The molecule has 0 radical (unpaired) electrons. The van der Waals surface area contributed by atoms with Gasteiger partial charge in [0.05, 0.1) is 0 Å². The molecule has 2 nitrogen and oxygen atoms in total. The molecule has 0 unspecified atom stereocenters. The predicted octanol–water partition coefficient (Wildman–Crippen LogP) is 7.10. The van der Waals surface area contributed by atoms with E-state index in [0.717, 1.165) is 30.3 Å². The van der Waals surface area contributed by atoms with Gasteiger partial charge in [-0.3, -0.25) is 0 Å². The predicted molar refractivity (Wildman–Crippen MR) is 90.6 cm³/mol. The Labute approximate surface area is 164 Å². The van der Waals surface area contributed by atoms with Crippen LogP contribution in [0, 0.1) is 11.6 Å². The van der Waals surface area contributed by atoms with E-state index < -0.39 is 35.9 Å². The van der Waals surface area contributed by atoms with Crippen LogP contribution in [0.1, 0.15) is 0 Å². The maximum atomic E-state index is 14.5. The van der Waals surface area contributed by atoms with E-state index in [2.05, 4.69) is 9.47 Å². The fraction of sp³-hybridized carbons (Fsp3) is 0.100. The molecule has 10 heteroatoms. The minimum absolute atomic E-state index is 0.0278. The standard InChI is InChI=1S/C20H10F8O2/c21-16-9-12(11-1-5-14(6-2-11)29-19(23,24)25)3-7-15(16)13-4-8-18(17(22)10-13)30-20(26,27)28/h1-10H. The maximum Gasteiger partial charge on any atom is 0.573 e. The lowest BCUT2D eigenvalue weighted by Gasteiger charge is -2.12. The molecule has 0 atom stereocenters. The normalized spacial score (nSPS) is 12.0. The van der Waals surface area contributed by atoms with Crippen LogP contribution in [0.5, 0.6) is 11.5 Å². The summed E-state index contributed by atoms with van der Waals surface area (Å²) < 4.78 is 109. The van der Waals surface area contributed by atoms with Crippen molar-refractivity contribution >= 4 is 0 Å². The molecular weight excluding hydrogens is 424 g/mol. The summed E-state index contributed by atoms with van der Waals surface area (Å²) >= 11 is 0. The third-order valence-corrected chi connectivity index (χ3v) is 3.86. The average Bonchev–Trinajstić information content (AvgIpc) is 2.62. The summed E-state index contributed by atoms with van der Waals surface area (Å²) in [5.41, 5.74) is 0.579. The van der Waals surface area contributed by atoms with E-state index in [0.29, 0.717) is 17.2 Å². The molecule has 3 aromatic carbocycles. The summed E-state index contributed by atoms with van der Waals surface area (Å²) in [6.07, 6.45) is -9.92. The highest BCUT2D eigenvalue weighted by Crippen LogP contribution is 2.33. The zero-order valence-corrected chi connectivity index (χ0v) is 14.6. The van der Waals surface area contributed by atoms with Crippen molar-refractivity contribution in [1.82, 2.24) is 0 Å². The van der Waals surface area contributed by atoms with Crippen molar-refractivity contribution in [1.29, 1.82) is 0 Å². The van der Waals surface area contributed by atoms with Crippen molar-refractivity contribution in [2.75, 3.05) is 0 Å². The summed E-state index contributed by atoms with van der Waals surface area (Å²) in [5, 5.41) is 0. The van der Waals surface area contributed by atoms with E-state index in [1.807, 2.05) is 0 Å². The molecule has 0 heterocycles. The molecule has 0 aromatic heterocycles. The van der Waals surface area contributed by atoms with Gasteiger partial charge >= 0.3 is 12.7 Å². The first-order chi connectivity index (χ1) is 13.9. The summed E-state index contributed by atoms with van der Waals surface area (Å²) in [7, 11) is 0. The lowest BCUT2D eigenvalue weighted by molar-refractivity contribution is -0.276. The van der Waals surface area contributed by atoms with Crippen LogP contribution in [0.2, 0.25) is 0 Å². The van der Waals surface area contributed by atoms with Crippen LogP contribution >= 0.6 is 0 Å². The third kappa shape index (κ3) is 5.40. The lowest BCUT2D eigenvalue weighted by Crippen LogP contribution is -2.17. The second-order valence-electron chi connectivity index (χ2n) is 5.96. The van der Waals surface area contributed by atoms with E-state index in [9.17, 15) is 35.1 Å². The molecule has 0 amide bonds. The molecule has 0 saturated carbocycles. The molecule has 0 aliphatic rings. The molecule has 0 aliphatic carbocycles. The average molecular weight is 434 g/mol. The Bertz CT molecular complexity index is 1040. The highest BCUT2D eigenvalue weighted by atomic mass is 19.4. The van der Waals surface area contributed by atoms with Gasteiger partial charge in [0.25, 0.3) is 0 Å². The molecule has 158 valence electrons. The Morgan fingerprint density at radius 3 is 1.60 bits per heavy atom. The number of rotatable bonds is 4. The van der Waals surface area contributed by atoms with Gasteiger partial charge in [-0.05, 0) is 47.0 Å². The van der Waals surface area contributed by atoms with Crippen molar-refractivity contribution in [3.63, 3.8) is 0 Å². The molecule has 0 spiro atoms. The number of benzene rings is 3. The number of hydrogen-bond donors (Lipinski definition) is 0. The monoisotopic (exact) mass is 434 g/mol. The number of alkyl halides is 6. The Kier molecular flexibility index (Phi) is 5.60. The fourth-order valence-corrected chi connectivity index (χ4v) is 2.65. The topological polar surface area (TPSA) is 18.5 Å². The van der Waals surface area contributed by atoms with Crippen LogP contribution in [-0.4, -0.2) is 12.7 Å². The van der Waals surface area contributed by atoms with Crippen LogP contribution < -0.4 is 9.47 Å². The van der Waals surface area contributed by atoms with Crippen LogP contribution in [0.3, 0.4) is 0 Å². The van der Waals surface area contributed by atoms with Crippen LogP contribution in [-0.2, 0) is 0 Å². The molecule has 30 heavy (non-hydrogen) atoms. The van der Waals surface area contributed by atoms with Gasteiger partial charge in [0.2, 0.25) is 0 Å². The summed E-state index contributed by atoms with van der Waals surface area (Å²) in [4.78, 5) is 0. The van der Waals surface area contributed by atoms with Crippen LogP contribution in [0.15, 0.2) is 60.7 Å². The Balaban J connectivity index is 1.84. The fourth-order valence-electron chi connectivity index (χ4n) is 2.65. The molecule has 3 aromatic rings. The first-order valence-electron chi connectivity index (χ1n) is 8.13. The summed E-state index contributed by atoms with van der Waals surface area (Å²) in [6, 6.07) is 10.9. The second kappa shape index (κ2) is 7.85. The van der Waals surface area contributed by atoms with E-state index in [-0.39, 0.29) is 11.1 Å². The smallest absolute Gasteiger partial charge is 0.406 e. The van der Waals surface area contributed by atoms with E-state index in [4.69, 9.17) is 0 Å². The van der Waals surface area contributed by atoms with E-state index >= 15 is 0 Å². The Morgan fingerprint density at radius 1 is 0.533 bits per heavy atom. The first-order valence-corrected chi connectivity index (χ1v) is 8.13. The Hall–Kier alpha value is -3.30. The van der Waals surface area contributed by atoms with Crippen molar-refractivity contribution < 1.29 is 44.6 Å². The SMILES string of the molecule is Fc1cc(-c2ccc(-c3ccc(OC(F)(F)F)cc3)cc2F)ccc1OC(F)(F)F. The van der Waals surface area contributed by atoms with E-state index in [1.54, 1.807) is 0 Å². The highest BCUT2D eigenvalue weighted by molar-refractivity contribution is 5.71. The van der Waals surface area contributed by atoms with Gasteiger partial charge in [0.15, 0.2) is 11.6 Å². The molecule has 0 N–H and O–H groups in total. The van der Waals surface area contributed by atoms with E-state index in [1.165, 1.54) is 24.3 Å². The molecule has 0 fully saturated rings. The zero-order valence-electron chi connectivity index (χ0n) is 14.6. The van der Waals surface area contributed by atoms with Gasteiger partial charge < -0.3 is 9.47 Å². The number of hydrogen-bond acceptors (Lipinski definition) is 2. The quantitative estimate of drug-likeness (QED) is 0.408. The largest absolute Gasteiger partial charge is 0.573 e. The van der Waals surface area contributed by atoms with Crippen molar-refractivity contribution in [2.45, 2.75) is 12.7 Å². The first kappa shape index (κ1) is 21.4. The minimum Gasteiger partial charge on any atom is -0.406 e. The molecule has 0 saturated heterocycles. The Morgan fingerprint density at radius 2 is 1.07 bits per heavy atom. The van der Waals surface area contributed by atoms with Gasteiger partial charge in [-0.15, -0.1) is 26.3 Å². The second-order valence-corrected chi connectivity index (χ2v) is 5.96. The van der Waals surface area contributed by atoms with Crippen LogP contribution in [0.25, 0.3) is 22.3 Å². The van der Waals surface area contributed by atoms with Gasteiger partial charge in [0, 0.05) is 5.56 Å². The summed E-state index contributed by atoms with van der Waals surface area (Å²) in [5.74, 6) is -3.63. The number of halogens is 8. The van der Waals surface area contributed by atoms with Gasteiger partial charge in [0.1, 0.15) is 11.6 Å².